The van der Waals surface area contributed by atoms with E-state index < -0.39 is 5.97 Å². The molecule has 0 unspecified atom stereocenters. The smallest absolute Gasteiger partial charge is 0.329 e. The SMILES string of the molecule is CCn1c2ccc(C(=O)c3ccc(-c4ccccc4)cc3)cc2c2c3occ(NOC(C)=O)c(=O)c3ccc21. The molecule has 4 aromatic carbocycles. The fourth-order valence-electron chi connectivity index (χ4n) is 5.07. The molecular formula is C32H24N2O5. The van der Waals surface area contributed by atoms with Crippen molar-refractivity contribution in [2.45, 2.75) is 20.4 Å². The molecule has 0 aliphatic rings. The number of rotatable bonds is 6. The third-order valence-corrected chi connectivity index (χ3v) is 6.90. The van der Waals surface area contributed by atoms with Gasteiger partial charge in [0, 0.05) is 35.5 Å². The van der Waals surface area contributed by atoms with Gasteiger partial charge in [0.25, 0.3) is 0 Å². The van der Waals surface area contributed by atoms with Crippen LogP contribution in [0.3, 0.4) is 0 Å². The second-order valence-corrected chi connectivity index (χ2v) is 9.26. The number of anilines is 1. The highest BCUT2D eigenvalue weighted by atomic mass is 16.7. The van der Waals surface area contributed by atoms with Gasteiger partial charge in [-0.3, -0.25) is 14.4 Å². The minimum Gasteiger partial charge on any atom is -0.461 e. The molecule has 2 heterocycles. The average molecular weight is 517 g/mol. The van der Waals surface area contributed by atoms with E-state index in [1.165, 1.54) is 13.2 Å². The Bertz CT molecular complexity index is 1950. The van der Waals surface area contributed by atoms with E-state index in [1.54, 1.807) is 6.07 Å². The first kappa shape index (κ1) is 24.2. The molecule has 0 aliphatic carbocycles. The predicted octanol–water partition coefficient (Wildman–Crippen LogP) is 6.71. The zero-order valence-corrected chi connectivity index (χ0v) is 21.4. The average Bonchev–Trinajstić information content (AvgIpc) is 3.30. The van der Waals surface area contributed by atoms with E-state index in [4.69, 9.17) is 9.25 Å². The van der Waals surface area contributed by atoms with Crippen LogP contribution in [0, 0.1) is 0 Å². The van der Waals surface area contributed by atoms with Crippen LogP contribution in [-0.4, -0.2) is 16.3 Å². The maximum absolute atomic E-state index is 13.5. The van der Waals surface area contributed by atoms with E-state index in [0.717, 1.165) is 32.9 Å². The zero-order valence-electron chi connectivity index (χ0n) is 21.4. The summed E-state index contributed by atoms with van der Waals surface area (Å²) in [5.74, 6) is -0.675. The van der Waals surface area contributed by atoms with Crippen molar-refractivity contribution in [1.82, 2.24) is 4.57 Å². The molecule has 0 saturated heterocycles. The van der Waals surface area contributed by atoms with Crippen LogP contribution in [0.15, 0.2) is 100 Å². The van der Waals surface area contributed by atoms with Gasteiger partial charge in [-0.15, -0.1) is 0 Å². The summed E-state index contributed by atoms with van der Waals surface area (Å²) in [5, 5.41) is 1.89. The minimum atomic E-state index is -0.581. The lowest BCUT2D eigenvalue weighted by Crippen LogP contribution is -2.14. The highest BCUT2D eigenvalue weighted by Gasteiger charge is 2.19. The molecule has 0 radical (unpaired) electrons. The predicted molar refractivity (Wildman–Crippen MR) is 152 cm³/mol. The van der Waals surface area contributed by atoms with Crippen LogP contribution in [0.5, 0.6) is 0 Å². The second kappa shape index (κ2) is 9.61. The van der Waals surface area contributed by atoms with Crippen LogP contribution >= 0.6 is 0 Å². The summed E-state index contributed by atoms with van der Waals surface area (Å²) in [4.78, 5) is 42.6. The van der Waals surface area contributed by atoms with Crippen molar-refractivity contribution in [1.29, 1.82) is 0 Å². The second-order valence-electron chi connectivity index (χ2n) is 9.26. The van der Waals surface area contributed by atoms with Gasteiger partial charge in [0.05, 0.1) is 16.3 Å². The molecule has 192 valence electrons. The first-order valence-corrected chi connectivity index (χ1v) is 12.6. The van der Waals surface area contributed by atoms with Crippen molar-refractivity contribution >= 4 is 50.2 Å². The molecule has 2 aromatic heterocycles. The Hall–Kier alpha value is -5.17. The van der Waals surface area contributed by atoms with Gasteiger partial charge in [-0.05, 0) is 48.4 Å². The molecule has 0 spiro atoms. The normalized spacial score (nSPS) is 11.2. The molecule has 0 fully saturated rings. The Kier molecular flexibility index (Phi) is 5.96. The molecule has 0 aliphatic heterocycles. The summed E-state index contributed by atoms with van der Waals surface area (Å²) in [5.41, 5.74) is 7.50. The quantitative estimate of drug-likeness (QED) is 0.195. The Labute approximate surface area is 223 Å². The first-order chi connectivity index (χ1) is 19.0. The highest BCUT2D eigenvalue weighted by molar-refractivity contribution is 6.21. The largest absolute Gasteiger partial charge is 0.461 e. The van der Waals surface area contributed by atoms with E-state index in [-0.39, 0.29) is 16.9 Å². The van der Waals surface area contributed by atoms with Gasteiger partial charge in [-0.2, -0.15) is 0 Å². The molecule has 0 saturated carbocycles. The van der Waals surface area contributed by atoms with Crippen molar-refractivity contribution in [3.63, 3.8) is 0 Å². The van der Waals surface area contributed by atoms with Gasteiger partial charge in [0.15, 0.2) is 11.5 Å². The Morgan fingerprint density at radius 2 is 1.54 bits per heavy atom. The third kappa shape index (κ3) is 4.14. The van der Waals surface area contributed by atoms with Gasteiger partial charge in [0.1, 0.15) is 11.8 Å². The molecule has 39 heavy (non-hydrogen) atoms. The van der Waals surface area contributed by atoms with Crippen LogP contribution < -0.4 is 10.9 Å². The number of aryl methyl sites for hydroxylation is 1. The molecule has 0 atom stereocenters. The molecular weight excluding hydrogens is 492 g/mol. The van der Waals surface area contributed by atoms with Crippen molar-refractivity contribution in [3.8, 4) is 11.1 Å². The number of nitrogens with one attached hydrogen (secondary N) is 1. The van der Waals surface area contributed by atoms with Crippen LogP contribution in [0.2, 0.25) is 0 Å². The van der Waals surface area contributed by atoms with E-state index >= 15 is 0 Å². The fraction of sp³-hybridized carbons (Fsp3) is 0.0938. The number of carbonyl (C=O) groups is 2. The van der Waals surface area contributed by atoms with Crippen LogP contribution in [0.1, 0.15) is 29.8 Å². The molecule has 6 rings (SSSR count). The van der Waals surface area contributed by atoms with Gasteiger partial charge in [-0.1, -0.05) is 54.6 Å². The summed E-state index contributed by atoms with van der Waals surface area (Å²) >= 11 is 0. The van der Waals surface area contributed by atoms with Gasteiger partial charge in [0.2, 0.25) is 5.43 Å². The van der Waals surface area contributed by atoms with E-state index in [2.05, 4.69) is 10.0 Å². The van der Waals surface area contributed by atoms with Crippen LogP contribution in [0.4, 0.5) is 5.69 Å². The van der Waals surface area contributed by atoms with Gasteiger partial charge >= 0.3 is 5.97 Å². The molecule has 7 nitrogen and oxygen atoms in total. The molecule has 1 N–H and O–H groups in total. The summed E-state index contributed by atoms with van der Waals surface area (Å²) in [7, 11) is 0. The zero-order chi connectivity index (χ0) is 27.1. The number of fused-ring (bicyclic) bond motifs is 5. The van der Waals surface area contributed by atoms with E-state index in [0.29, 0.717) is 28.6 Å². The standard InChI is InChI=1S/C32H24N2O5/c1-3-34-27-15-13-23(30(36)22-11-9-21(10-12-22)20-7-5-4-6-8-20)17-25(27)29-28(34)16-14-24-31(37)26(18-38-32(24)29)33-39-19(2)35/h4-18,33H,3H2,1-2H3. The third-order valence-electron chi connectivity index (χ3n) is 6.90. The molecule has 7 heteroatoms. The molecule has 0 bridgehead atoms. The number of ketones is 1. The number of aromatic nitrogens is 1. The number of hydrogen-bond donors (Lipinski definition) is 1. The monoisotopic (exact) mass is 516 g/mol. The maximum atomic E-state index is 13.5. The van der Waals surface area contributed by atoms with Crippen molar-refractivity contribution in [2.24, 2.45) is 0 Å². The summed E-state index contributed by atoms with van der Waals surface area (Å²) in [6, 6.07) is 26.8. The Morgan fingerprint density at radius 1 is 0.846 bits per heavy atom. The number of benzene rings is 4. The van der Waals surface area contributed by atoms with Crippen LogP contribution in [-0.2, 0) is 16.2 Å². The van der Waals surface area contributed by atoms with Crippen molar-refractivity contribution in [2.75, 3.05) is 5.48 Å². The van der Waals surface area contributed by atoms with Crippen LogP contribution in [0.25, 0.3) is 43.9 Å². The summed E-state index contributed by atoms with van der Waals surface area (Å²) < 4.78 is 8.05. The first-order valence-electron chi connectivity index (χ1n) is 12.6. The fourth-order valence-corrected chi connectivity index (χ4v) is 5.07. The summed E-state index contributed by atoms with van der Waals surface area (Å²) in [6.45, 7) is 3.96. The van der Waals surface area contributed by atoms with Crippen molar-refractivity contribution < 1.29 is 18.8 Å². The van der Waals surface area contributed by atoms with E-state index in [1.807, 2.05) is 85.8 Å². The lowest BCUT2D eigenvalue weighted by Gasteiger charge is -2.06. The lowest BCUT2D eigenvalue weighted by atomic mass is 9.98. The number of nitrogens with zero attached hydrogens (tertiary/aromatic N) is 1. The topological polar surface area (TPSA) is 90.5 Å². The van der Waals surface area contributed by atoms with E-state index in [9.17, 15) is 14.4 Å². The number of hydrogen-bond acceptors (Lipinski definition) is 6. The van der Waals surface area contributed by atoms with Gasteiger partial charge in [-0.25, -0.2) is 5.48 Å². The molecule has 6 aromatic rings. The lowest BCUT2D eigenvalue weighted by molar-refractivity contribution is -0.138. The number of carbonyl (C=O) groups excluding carboxylic acids is 2. The summed E-state index contributed by atoms with van der Waals surface area (Å²) in [6.07, 6.45) is 1.24. The van der Waals surface area contributed by atoms with Crippen molar-refractivity contribution in [3.05, 3.63) is 113 Å². The minimum absolute atomic E-state index is 0.0195. The van der Waals surface area contributed by atoms with Gasteiger partial charge < -0.3 is 13.8 Å². The maximum Gasteiger partial charge on any atom is 0.329 e. The molecule has 0 amide bonds. The Morgan fingerprint density at radius 3 is 2.26 bits per heavy atom. The Balaban J connectivity index is 1.47. The highest BCUT2D eigenvalue weighted by Crippen LogP contribution is 2.35.